The molecule has 0 amide bonds. The molecule has 5 aromatic rings. The second kappa shape index (κ2) is 4.27. The summed E-state index contributed by atoms with van der Waals surface area (Å²) in [6, 6.07) is 8.39. The third kappa shape index (κ3) is 1.52. The van der Waals surface area contributed by atoms with Crippen LogP contribution in [0.15, 0.2) is 30.3 Å². The van der Waals surface area contributed by atoms with Crippen LogP contribution in [-0.2, 0) is 6.42 Å². The maximum absolute atomic E-state index is 14.1. The van der Waals surface area contributed by atoms with Crippen molar-refractivity contribution in [1.82, 2.24) is 19.8 Å². The minimum absolute atomic E-state index is 0.0822. The van der Waals surface area contributed by atoms with Gasteiger partial charge in [0.25, 0.3) is 0 Å². The predicted molar refractivity (Wildman–Crippen MR) is 91.7 cm³/mol. The average molecular weight is 330 g/mol. The first-order valence-electron chi connectivity index (χ1n) is 8.27. The molecule has 120 valence electrons. The lowest BCUT2D eigenvalue weighted by molar-refractivity contribution is 0.0973. The van der Waals surface area contributed by atoms with Crippen molar-refractivity contribution in [2.75, 3.05) is 0 Å². The summed E-state index contributed by atoms with van der Waals surface area (Å²) in [5.74, 6) is -0.254. The monoisotopic (exact) mass is 330 g/mol. The summed E-state index contributed by atoms with van der Waals surface area (Å²) < 4.78 is 15.8. The van der Waals surface area contributed by atoms with Crippen molar-refractivity contribution in [3.05, 3.63) is 47.4 Å². The van der Waals surface area contributed by atoms with Gasteiger partial charge in [0.2, 0.25) is 0 Å². The molecule has 0 N–H and O–H groups in total. The zero-order valence-electron chi connectivity index (χ0n) is 13.1. The minimum Gasteiger partial charge on any atom is -0.294 e. The molecule has 5 nitrogen and oxygen atoms in total. The van der Waals surface area contributed by atoms with Gasteiger partial charge in [-0.3, -0.25) is 9.78 Å². The SMILES string of the molecule is O=C1CCCc2nc3ccc4nnn5c6ccc(F)cc6c(c21)c3c45. The number of rotatable bonds is 0. The van der Waals surface area contributed by atoms with Gasteiger partial charge in [-0.05, 0) is 43.2 Å². The van der Waals surface area contributed by atoms with E-state index in [0.29, 0.717) is 17.4 Å². The van der Waals surface area contributed by atoms with Gasteiger partial charge in [-0.2, -0.15) is 0 Å². The lowest BCUT2D eigenvalue weighted by atomic mass is 9.88. The van der Waals surface area contributed by atoms with Crippen LogP contribution in [0.4, 0.5) is 4.39 Å². The number of aryl methyl sites for hydroxylation is 1. The molecule has 0 atom stereocenters. The van der Waals surface area contributed by atoms with Crippen molar-refractivity contribution in [2.45, 2.75) is 19.3 Å². The number of benzene rings is 2. The van der Waals surface area contributed by atoms with Crippen LogP contribution in [0.5, 0.6) is 0 Å². The van der Waals surface area contributed by atoms with Crippen molar-refractivity contribution in [3.63, 3.8) is 0 Å². The Bertz CT molecular complexity index is 1350. The minimum atomic E-state index is -0.337. The van der Waals surface area contributed by atoms with Gasteiger partial charge in [0.05, 0.1) is 16.7 Å². The summed E-state index contributed by atoms with van der Waals surface area (Å²) in [5.41, 5.74) is 4.58. The zero-order valence-corrected chi connectivity index (χ0v) is 13.1. The van der Waals surface area contributed by atoms with Gasteiger partial charge >= 0.3 is 0 Å². The second-order valence-corrected chi connectivity index (χ2v) is 6.58. The quantitative estimate of drug-likeness (QED) is 0.321. The van der Waals surface area contributed by atoms with E-state index >= 15 is 0 Å². The van der Waals surface area contributed by atoms with Gasteiger partial charge in [-0.25, -0.2) is 8.91 Å². The highest BCUT2D eigenvalue weighted by Crippen LogP contribution is 2.39. The van der Waals surface area contributed by atoms with E-state index in [2.05, 4.69) is 10.3 Å². The van der Waals surface area contributed by atoms with Crippen molar-refractivity contribution in [3.8, 4) is 0 Å². The van der Waals surface area contributed by atoms with Crippen LogP contribution < -0.4 is 0 Å². The largest absolute Gasteiger partial charge is 0.294 e. The Morgan fingerprint density at radius 1 is 1.04 bits per heavy atom. The van der Waals surface area contributed by atoms with Crippen LogP contribution in [-0.4, -0.2) is 25.6 Å². The van der Waals surface area contributed by atoms with E-state index in [4.69, 9.17) is 4.98 Å². The van der Waals surface area contributed by atoms with Crippen LogP contribution in [0.1, 0.15) is 28.9 Å². The summed E-state index contributed by atoms with van der Waals surface area (Å²) in [6.07, 6.45) is 2.08. The molecule has 0 unspecified atom stereocenters. The fourth-order valence-corrected chi connectivity index (χ4v) is 4.17. The molecule has 6 rings (SSSR count). The molecule has 1 aliphatic carbocycles. The Balaban J connectivity index is 2.05. The number of carbonyl (C=O) groups excluding carboxylic acids is 1. The smallest absolute Gasteiger partial charge is 0.165 e. The first kappa shape index (κ1) is 13.2. The molecule has 2 aromatic carbocycles. The highest BCUT2D eigenvalue weighted by molar-refractivity contribution is 6.27. The molecule has 0 fully saturated rings. The number of hydrogen-bond acceptors (Lipinski definition) is 4. The van der Waals surface area contributed by atoms with E-state index in [9.17, 15) is 9.18 Å². The first-order chi connectivity index (χ1) is 12.2. The van der Waals surface area contributed by atoms with Crippen molar-refractivity contribution in [2.24, 2.45) is 0 Å². The summed E-state index contributed by atoms with van der Waals surface area (Å²) >= 11 is 0. The molecule has 0 aliphatic heterocycles. The molecule has 0 saturated heterocycles. The van der Waals surface area contributed by atoms with E-state index in [-0.39, 0.29) is 11.6 Å². The van der Waals surface area contributed by atoms with Crippen LogP contribution >= 0.6 is 0 Å². The van der Waals surface area contributed by atoms with Crippen molar-refractivity contribution < 1.29 is 9.18 Å². The van der Waals surface area contributed by atoms with Crippen LogP contribution in [0, 0.1) is 5.82 Å². The molecule has 1 aliphatic rings. The highest BCUT2D eigenvalue weighted by atomic mass is 19.1. The zero-order chi connectivity index (χ0) is 16.7. The van der Waals surface area contributed by atoms with E-state index in [0.717, 1.165) is 51.4 Å². The summed E-state index contributed by atoms with van der Waals surface area (Å²) in [6.45, 7) is 0. The van der Waals surface area contributed by atoms with Gasteiger partial charge in [0, 0.05) is 28.1 Å². The topological polar surface area (TPSA) is 60.2 Å². The maximum Gasteiger partial charge on any atom is 0.165 e. The number of carbonyl (C=O) groups is 1. The van der Waals surface area contributed by atoms with Gasteiger partial charge in [0.1, 0.15) is 16.9 Å². The number of hydrogen-bond donors (Lipinski definition) is 0. The Kier molecular flexibility index (Phi) is 2.25. The molecular weight excluding hydrogens is 319 g/mol. The molecule has 6 heteroatoms. The summed E-state index contributed by atoms with van der Waals surface area (Å²) in [5, 5.41) is 10.8. The molecule has 0 saturated carbocycles. The molecule has 3 aromatic heterocycles. The number of ketones is 1. The highest BCUT2D eigenvalue weighted by Gasteiger charge is 2.27. The van der Waals surface area contributed by atoms with Crippen LogP contribution in [0.25, 0.3) is 38.2 Å². The van der Waals surface area contributed by atoms with Gasteiger partial charge in [-0.15, -0.1) is 5.10 Å². The van der Waals surface area contributed by atoms with Crippen molar-refractivity contribution in [1.29, 1.82) is 0 Å². The average Bonchev–Trinajstić information content (AvgIpc) is 3.05. The molecule has 0 bridgehead atoms. The van der Waals surface area contributed by atoms with E-state index in [1.807, 2.05) is 12.1 Å². The Morgan fingerprint density at radius 2 is 1.92 bits per heavy atom. The number of nitrogens with zero attached hydrogens (tertiary/aromatic N) is 4. The maximum atomic E-state index is 14.1. The number of fused-ring (bicyclic) bond motifs is 5. The molecule has 0 radical (unpaired) electrons. The molecule has 3 heterocycles. The Morgan fingerprint density at radius 3 is 2.84 bits per heavy atom. The fraction of sp³-hybridized carbons (Fsp3) is 0.158. The third-order valence-electron chi connectivity index (χ3n) is 5.18. The standard InChI is InChI=1S/C19H11FN4O/c20-9-4-7-14-10(8-9)16-17-11(2-1-3-15(17)25)21-12-5-6-13-19(18(12)16)24(14)23-22-13/h4-8H,1-3H2. The Hall–Kier alpha value is -3.15. The van der Waals surface area contributed by atoms with Crippen LogP contribution in [0.3, 0.4) is 0 Å². The number of Topliss-reactive ketones (excluding diaryl/α,β-unsaturated/α-hetero) is 1. The van der Waals surface area contributed by atoms with Gasteiger partial charge in [-0.1, -0.05) is 5.21 Å². The summed E-state index contributed by atoms with van der Waals surface area (Å²) in [7, 11) is 0. The Labute approximate surface area is 140 Å². The molecule has 25 heavy (non-hydrogen) atoms. The number of pyridine rings is 2. The van der Waals surface area contributed by atoms with Gasteiger partial charge < -0.3 is 0 Å². The predicted octanol–water partition coefficient (Wildman–Crippen LogP) is 3.68. The normalized spacial score (nSPS) is 15.0. The third-order valence-corrected chi connectivity index (χ3v) is 5.18. The number of halogens is 1. The van der Waals surface area contributed by atoms with Gasteiger partial charge in [0.15, 0.2) is 5.78 Å². The van der Waals surface area contributed by atoms with Crippen molar-refractivity contribution >= 4 is 44.0 Å². The second-order valence-electron chi connectivity index (χ2n) is 6.58. The lowest BCUT2D eigenvalue weighted by Crippen LogP contribution is -2.14. The summed E-state index contributed by atoms with van der Waals surface area (Å²) in [4.78, 5) is 17.5. The van der Waals surface area contributed by atoms with E-state index in [1.54, 1.807) is 10.6 Å². The molecule has 0 spiro atoms. The van der Waals surface area contributed by atoms with E-state index < -0.39 is 0 Å². The lowest BCUT2D eigenvalue weighted by Gasteiger charge is -2.19. The first-order valence-corrected chi connectivity index (χ1v) is 8.27. The number of aromatic nitrogens is 4. The fourth-order valence-electron chi connectivity index (χ4n) is 4.17. The van der Waals surface area contributed by atoms with Crippen LogP contribution in [0.2, 0.25) is 0 Å². The molecular formula is C19H11FN4O. The van der Waals surface area contributed by atoms with E-state index in [1.165, 1.54) is 12.1 Å².